The van der Waals surface area contributed by atoms with Gasteiger partial charge in [0, 0.05) is 0 Å². The van der Waals surface area contributed by atoms with Gasteiger partial charge in [0.05, 0.1) is 7.11 Å². The number of carbonyl (C=O) groups excluding carboxylic acids is 1. The molecule has 1 N–H and O–H groups in total. The summed E-state index contributed by atoms with van der Waals surface area (Å²) >= 11 is 0. The van der Waals surface area contributed by atoms with Gasteiger partial charge < -0.3 is 14.6 Å². The summed E-state index contributed by atoms with van der Waals surface area (Å²) < 4.78 is 10.5. The predicted octanol–water partition coefficient (Wildman–Crippen LogP) is 3.09. The molecule has 1 unspecified atom stereocenters. The van der Waals surface area contributed by atoms with Crippen LogP contribution in [0.3, 0.4) is 0 Å². The molecule has 0 bridgehead atoms. The highest BCUT2D eigenvalue weighted by Gasteiger charge is 2.21. The van der Waals surface area contributed by atoms with Crippen LogP contribution in [0, 0.1) is 13.8 Å². The highest BCUT2D eigenvalue weighted by Crippen LogP contribution is 2.25. The van der Waals surface area contributed by atoms with Crippen molar-refractivity contribution in [1.29, 1.82) is 0 Å². The Kier molecular flexibility index (Phi) is 5.17. The minimum Gasteiger partial charge on any atom is -0.488 e. The number of carbonyl (C=O) groups is 1. The highest BCUT2D eigenvalue weighted by atomic mass is 16.5. The van der Waals surface area contributed by atoms with E-state index in [9.17, 15) is 9.90 Å². The molecule has 0 fully saturated rings. The minimum atomic E-state index is -1.30. The summed E-state index contributed by atoms with van der Waals surface area (Å²) in [7, 11) is 1.25. The van der Waals surface area contributed by atoms with Crippen LogP contribution < -0.4 is 4.74 Å². The molecule has 0 saturated carbocycles. The van der Waals surface area contributed by atoms with Crippen molar-refractivity contribution in [2.75, 3.05) is 7.11 Å². The maximum absolute atomic E-state index is 11.5. The van der Waals surface area contributed by atoms with Crippen molar-refractivity contribution < 1.29 is 19.4 Å². The van der Waals surface area contributed by atoms with E-state index < -0.39 is 12.1 Å². The Morgan fingerprint density at radius 2 is 1.73 bits per heavy atom. The fraction of sp³-hybridized carbons (Fsp3) is 0.278. The van der Waals surface area contributed by atoms with E-state index in [2.05, 4.69) is 4.74 Å². The van der Waals surface area contributed by atoms with Gasteiger partial charge in [-0.25, -0.2) is 4.79 Å². The van der Waals surface area contributed by atoms with E-state index in [0.717, 1.165) is 22.4 Å². The van der Waals surface area contributed by atoms with Gasteiger partial charge in [-0.15, -0.1) is 0 Å². The average Bonchev–Trinajstić information content (AvgIpc) is 2.53. The summed E-state index contributed by atoms with van der Waals surface area (Å²) in [4.78, 5) is 11.5. The molecule has 0 aliphatic heterocycles. The van der Waals surface area contributed by atoms with Crippen LogP contribution in [0.25, 0.3) is 0 Å². The molecule has 22 heavy (non-hydrogen) atoms. The number of hydrogen-bond donors (Lipinski definition) is 1. The molecular formula is C18H20O4. The summed E-state index contributed by atoms with van der Waals surface area (Å²) in [6, 6.07) is 13.1. The first kappa shape index (κ1) is 16.0. The van der Waals surface area contributed by atoms with E-state index in [4.69, 9.17) is 4.74 Å². The number of benzene rings is 2. The van der Waals surface area contributed by atoms with Gasteiger partial charge in [0.25, 0.3) is 0 Å². The summed E-state index contributed by atoms with van der Waals surface area (Å²) in [6.45, 7) is 4.24. The zero-order valence-corrected chi connectivity index (χ0v) is 13.0. The monoisotopic (exact) mass is 300 g/mol. The van der Waals surface area contributed by atoms with Crippen LogP contribution in [0.2, 0.25) is 0 Å². The molecule has 0 spiro atoms. The molecule has 0 heterocycles. The number of ether oxygens (including phenoxy) is 2. The number of aliphatic hydroxyl groups excluding tert-OH is 1. The molecule has 4 heteroatoms. The highest BCUT2D eigenvalue weighted by molar-refractivity contribution is 5.76. The molecule has 4 nitrogen and oxygen atoms in total. The Morgan fingerprint density at radius 3 is 2.36 bits per heavy atom. The maximum Gasteiger partial charge on any atom is 0.339 e. The molecular weight excluding hydrogens is 280 g/mol. The third kappa shape index (κ3) is 3.46. The summed E-state index contributed by atoms with van der Waals surface area (Å²) in [6.07, 6.45) is -1.30. The first-order valence-electron chi connectivity index (χ1n) is 7.07. The number of aryl methyl sites for hydroxylation is 2. The molecule has 0 saturated heterocycles. The Balaban J connectivity index is 2.22. The van der Waals surface area contributed by atoms with Gasteiger partial charge in [0.1, 0.15) is 12.4 Å². The van der Waals surface area contributed by atoms with Crippen LogP contribution in [0.5, 0.6) is 5.75 Å². The fourth-order valence-electron chi connectivity index (χ4n) is 2.35. The summed E-state index contributed by atoms with van der Waals surface area (Å²) in [5.41, 5.74) is 3.35. The standard InChI is InChI=1S/C18H20O4/c1-12-7-6-8-13(2)17(12)22-11-14-9-4-5-10-15(14)16(19)18(20)21-3/h4-10,16,19H,11H2,1-3H3. The van der Waals surface area contributed by atoms with E-state index >= 15 is 0 Å². The molecule has 0 radical (unpaired) electrons. The molecule has 0 amide bonds. The lowest BCUT2D eigenvalue weighted by Crippen LogP contribution is -2.16. The van der Waals surface area contributed by atoms with Gasteiger partial charge in [-0.05, 0) is 36.1 Å². The van der Waals surface area contributed by atoms with Crippen LogP contribution in [0.1, 0.15) is 28.4 Å². The second-order valence-corrected chi connectivity index (χ2v) is 5.13. The fourth-order valence-corrected chi connectivity index (χ4v) is 2.35. The van der Waals surface area contributed by atoms with Crippen molar-refractivity contribution in [3.8, 4) is 5.75 Å². The molecule has 0 aromatic heterocycles. The largest absolute Gasteiger partial charge is 0.488 e. The van der Waals surface area contributed by atoms with Crippen LogP contribution in [-0.2, 0) is 16.1 Å². The Hall–Kier alpha value is -2.33. The molecule has 2 aromatic carbocycles. The lowest BCUT2D eigenvalue weighted by Gasteiger charge is -2.16. The van der Waals surface area contributed by atoms with Crippen LogP contribution >= 0.6 is 0 Å². The molecule has 2 aromatic rings. The van der Waals surface area contributed by atoms with Gasteiger partial charge in [0.2, 0.25) is 0 Å². The van der Waals surface area contributed by atoms with Gasteiger partial charge in [0.15, 0.2) is 6.10 Å². The molecule has 0 aliphatic rings. The van der Waals surface area contributed by atoms with E-state index in [0.29, 0.717) is 5.56 Å². The topological polar surface area (TPSA) is 55.8 Å². The number of hydrogen-bond acceptors (Lipinski definition) is 4. The van der Waals surface area contributed by atoms with Crippen molar-refractivity contribution in [3.05, 3.63) is 64.7 Å². The Labute approximate surface area is 130 Å². The van der Waals surface area contributed by atoms with Gasteiger partial charge >= 0.3 is 5.97 Å². The van der Waals surface area contributed by atoms with Crippen molar-refractivity contribution in [2.45, 2.75) is 26.6 Å². The number of methoxy groups -OCH3 is 1. The van der Waals surface area contributed by atoms with Crippen molar-refractivity contribution in [2.24, 2.45) is 0 Å². The molecule has 116 valence electrons. The molecule has 2 rings (SSSR count). The number of rotatable bonds is 5. The first-order chi connectivity index (χ1) is 10.5. The summed E-state index contributed by atoms with van der Waals surface area (Å²) in [5.74, 6) is 0.143. The average molecular weight is 300 g/mol. The van der Waals surface area contributed by atoms with Crippen molar-refractivity contribution in [3.63, 3.8) is 0 Å². The van der Waals surface area contributed by atoms with E-state index in [1.165, 1.54) is 7.11 Å². The van der Waals surface area contributed by atoms with Crippen LogP contribution in [0.15, 0.2) is 42.5 Å². The molecule has 1 atom stereocenters. The number of para-hydroxylation sites is 1. The first-order valence-corrected chi connectivity index (χ1v) is 7.07. The van der Waals surface area contributed by atoms with E-state index in [-0.39, 0.29) is 6.61 Å². The zero-order chi connectivity index (χ0) is 16.1. The lowest BCUT2D eigenvalue weighted by atomic mass is 10.0. The van der Waals surface area contributed by atoms with E-state index in [1.807, 2.05) is 44.2 Å². The molecule has 0 aliphatic carbocycles. The quantitative estimate of drug-likeness (QED) is 0.862. The van der Waals surface area contributed by atoms with E-state index in [1.54, 1.807) is 12.1 Å². The second kappa shape index (κ2) is 7.09. The third-order valence-electron chi connectivity index (χ3n) is 3.55. The maximum atomic E-state index is 11.5. The normalized spacial score (nSPS) is 11.8. The predicted molar refractivity (Wildman–Crippen MR) is 83.7 cm³/mol. The SMILES string of the molecule is COC(=O)C(O)c1ccccc1COc1c(C)cccc1C. The summed E-state index contributed by atoms with van der Waals surface area (Å²) in [5, 5.41) is 10.0. The van der Waals surface area contributed by atoms with Crippen LogP contribution in [-0.4, -0.2) is 18.2 Å². The van der Waals surface area contributed by atoms with Crippen molar-refractivity contribution >= 4 is 5.97 Å². The zero-order valence-electron chi connectivity index (χ0n) is 13.0. The smallest absolute Gasteiger partial charge is 0.339 e. The van der Waals surface area contributed by atoms with Gasteiger partial charge in [-0.2, -0.15) is 0 Å². The van der Waals surface area contributed by atoms with Gasteiger partial charge in [-0.3, -0.25) is 0 Å². The Morgan fingerprint density at radius 1 is 1.09 bits per heavy atom. The second-order valence-electron chi connectivity index (χ2n) is 5.13. The van der Waals surface area contributed by atoms with Crippen LogP contribution in [0.4, 0.5) is 0 Å². The van der Waals surface area contributed by atoms with Gasteiger partial charge in [-0.1, -0.05) is 42.5 Å². The Bertz CT molecular complexity index is 644. The number of esters is 1. The lowest BCUT2D eigenvalue weighted by molar-refractivity contribution is -0.150. The van der Waals surface area contributed by atoms with Crippen molar-refractivity contribution in [1.82, 2.24) is 0 Å². The third-order valence-corrected chi connectivity index (χ3v) is 3.55. The number of aliphatic hydroxyl groups is 1. The minimum absolute atomic E-state index is 0.274.